The molecule has 0 radical (unpaired) electrons. The zero-order valence-electron chi connectivity index (χ0n) is 35.4. The molecule has 53 heavy (non-hydrogen) atoms. The van der Waals surface area contributed by atoms with Crippen LogP contribution in [0.2, 0.25) is 0 Å². The minimum Gasteiger partial charge on any atom is -0.456 e. The maximum Gasteiger partial charge on any atom is 0.135 e. The second kappa shape index (κ2) is 11.6. The molecule has 0 spiro atoms. The number of furan rings is 1. The molecule has 1 unspecified atom stereocenters. The van der Waals surface area contributed by atoms with Crippen LogP contribution in [0.1, 0.15) is 31.8 Å². The van der Waals surface area contributed by atoms with E-state index in [0.29, 0.717) is 11.1 Å². The van der Waals surface area contributed by atoms with Crippen molar-refractivity contribution in [1.29, 1.82) is 0 Å². The van der Waals surface area contributed by atoms with E-state index in [1.54, 1.807) is 0 Å². The summed E-state index contributed by atoms with van der Waals surface area (Å²) in [5, 5.41) is 3.88. The lowest BCUT2D eigenvalue weighted by Crippen LogP contribution is -2.28. The minimum atomic E-state index is -1.38. The third kappa shape index (κ3) is 4.46. The Morgan fingerprint density at radius 1 is 0.434 bits per heavy atom. The van der Waals surface area contributed by atoms with Crippen LogP contribution in [-0.2, 0) is 5.41 Å². The van der Waals surface area contributed by atoms with E-state index >= 15 is 0 Å². The number of fused-ring (bicyclic) bond motifs is 8. The monoisotopic (exact) mass is 682 g/mol. The lowest BCUT2D eigenvalue weighted by molar-refractivity contribution is 0.665. The molecule has 0 fully saturated rings. The van der Waals surface area contributed by atoms with Crippen molar-refractivity contribution < 1.29 is 14.0 Å². The van der Waals surface area contributed by atoms with E-state index in [4.69, 9.17) is 9.90 Å². The van der Waals surface area contributed by atoms with E-state index in [9.17, 15) is 4.11 Å². The van der Waals surface area contributed by atoms with Crippen LogP contribution in [0, 0.1) is 0 Å². The zero-order chi connectivity index (χ0) is 41.0. The van der Waals surface area contributed by atoms with Gasteiger partial charge in [0.25, 0.3) is 0 Å². The molecule has 10 aromatic rings. The van der Waals surface area contributed by atoms with E-state index < -0.39 is 29.6 Å². The highest BCUT2D eigenvalue weighted by atomic mass is 16.3. The van der Waals surface area contributed by atoms with E-state index in [1.165, 1.54) is 0 Å². The average Bonchev–Trinajstić information content (AvgIpc) is 3.80. The number of rotatable bonds is 5. The summed E-state index contributed by atoms with van der Waals surface area (Å²) in [7, 11) is 0. The first-order chi connectivity index (χ1) is 29.2. The van der Waals surface area contributed by atoms with Gasteiger partial charge in [0.05, 0.1) is 15.0 Å². The van der Waals surface area contributed by atoms with Gasteiger partial charge in [-0.15, -0.1) is 0 Å². The Morgan fingerprint density at radius 3 is 2.08 bits per heavy atom. The summed E-state index contributed by atoms with van der Waals surface area (Å²) in [6.07, 6.45) is 0. The Balaban J connectivity index is 1.26. The molecule has 1 heterocycles. The van der Waals surface area contributed by atoms with Crippen molar-refractivity contribution in [2.24, 2.45) is 0 Å². The standard InChI is InChI=1S/C51H33NO/c1-2-16-40(17-3-1)52(41-26-23-35-13-5-7-15-37(35)31-41)42-27-29-48-46(33-42)43-18-8-10-20-47(43)51(48,38-24-22-34-12-4-6-14-36(34)30-38)39-25-28-45-44-19-9-11-21-49(44)53-50(45)32-39/h1-33H/i4D,6D,12D,14D,22D,24D,30D. The third-order valence-corrected chi connectivity index (χ3v) is 10.7. The molecule has 0 N–H and O–H groups in total. The predicted molar refractivity (Wildman–Crippen MR) is 221 cm³/mol. The summed E-state index contributed by atoms with van der Waals surface area (Å²) in [5.74, 6) is 0. The molecule has 0 saturated carbocycles. The molecule has 9 aromatic carbocycles. The van der Waals surface area contributed by atoms with Crippen LogP contribution >= 0.6 is 0 Å². The van der Waals surface area contributed by atoms with Gasteiger partial charge in [-0.2, -0.15) is 0 Å². The molecule has 2 heteroatoms. The van der Waals surface area contributed by atoms with E-state index in [2.05, 4.69) is 65.6 Å². The summed E-state index contributed by atoms with van der Waals surface area (Å²) in [6.45, 7) is 0. The van der Waals surface area contributed by atoms with Crippen LogP contribution in [0.15, 0.2) is 204 Å². The summed E-state index contributed by atoms with van der Waals surface area (Å²) < 4.78 is 70.5. The first-order valence-corrected chi connectivity index (χ1v) is 17.7. The number of nitrogens with zero attached hydrogens (tertiary/aromatic N) is 1. The van der Waals surface area contributed by atoms with Gasteiger partial charge >= 0.3 is 0 Å². The Morgan fingerprint density at radius 2 is 1.15 bits per heavy atom. The van der Waals surface area contributed by atoms with Gasteiger partial charge in [-0.05, 0) is 109 Å². The van der Waals surface area contributed by atoms with Crippen LogP contribution in [0.5, 0.6) is 0 Å². The van der Waals surface area contributed by atoms with Crippen molar-refractivity contribution in [3.05, 3.63) is 222 Å². The first-order valence-electron chi connectivity index (χ1n) is 21.2. The van der Waals surface area contributed by atoms with Gasteiger partial charge in [-0.1, -0.05) is 145 Å². The van der Waals surface area contributed by atoms with Gasteiger partial charge in [0, 0.05) is 27.8 Å². The third-order valence-electron chi connectivity index (χ3n) is 10.7. The van der Waals surface area contributed by atoms with Gasteiger partial charge in [0.1, 0.15) is 11.2 Å². The largest absolute Gasteiger partial charge is 0.456 e. The van der Waals surface area contributed by atoms with Crippen LogP contribution < -0.4 is 4.90 Å². The molecule has 1 aliphatic carbocycles. The summed E-state index contributed by atoms with van der Waals surface area (Å²) in [4.78, 5) is 2.22. The number of para-hydroxylation sites is 2. The molecule has 248 valence electrons. The Hall–Kier alpha value is -6.90. The molecule has 0 bridgehead atoms. The number of hydrogen-bond acceptors (Lipinski definition) is 2. The molecule has 0 saturated heterocycles. The number of benzene rings is 9. The Kier molecular flexibility index (Phi) is 5.14. The molecule has 0 amide bonds. The smallest absolute Gasteiger partial charge is 0.135 e. The maximum absolute atomic E-state index is 9.97. The van der Waals surface area contributed by atoms with Gasteiger partial charge in [0.2, 0.25) is 0 Å². The molecular formula is C51H33NO. The topological polar surface area (TPSA) is 16.4 Å². The fourth-order valence-electron chi connectivity index (χ4n) is 8.40. The summed E-state index contributed by atoms with van der Waals surface area (Å²) in [6, 6.07) is 50.2. The van der Waals surface area contributed by atoms with Crippen molar-refractivity contribution in [3.63, 3.8) is 0 Å². The molecule has 2 nitrogen and oxygen atoms in total. The Bertz CT molecular complexity index is 3430. The van der Waals surface area contributed by atoms with E-state index in [0.717, 1.165) is 66.4 Å². The van der Waals surface area contributed by atoms with Gasteiger partial charge in [-0.25, -0.2) is 0 Å². The molecule has 1 aromatic heterocycles. The molecule has 1 atom stereocenters. The van der Waals surface area contributed by atoms with Crippen LogP contribution in [-0.4, -0.2) is 0 Å². The van der Waals surface area contributed by atoms with Gasteiger partial charge in [-0.3, -0.25) is 0 Å². The van der Waals surface area contributed by atoms with E-state index in [1.807, 2.05) is 97.1 Å². The zero-order valence-corrected chi connectivity index (χ0v) is 28.4. The quantitative estimate of drug-likeness (QED) is 0.180. The van der Waals surface area contributed by atoms with E-state index in [-0.39, 0.29) is 34.5 Å². The SMILES string of the molecule is [2H]c1c([2H])c([2H])c2c([2H])c(C3(c4ccc5c(c4)oc4ccccc45)c4ccccc4-c4cc(N(c5ccccc5)c5ccc6ccccc6c5)ccc43)c([2H])c([2H])c2c1[2H]. The number of hydrogen-bond donors (Lipinski definition) is 0. The van der Waals surface area contributed by atoms with Crippen LogP contribution in [0.3, 0.4) is 0 Å². The highest BCUT2D eigenvalue weighted by Crippen LogP contribution is 2.58. The molecule has 11 rings (SSSR count). The van der Waals surface area contributed by atoms with Crippen molar-refractivity contribution in [2.45, 2.75) is 5.41 Å². The van der Waals surface area contributed by atoms with Crippen molar-refractivity contribution in [2.75, 3.05) is 4.90 Å². The normalized spacial score (nSPS) is 16.7. The highest BCUT2D eigenvalue weighted by molar-refractivity contribution is 6.05. The lowest BCUT2D eigenvalue weighted by atomic mass is 9.67. The summed E-state index contributed by atoms with van der Waals surface area (Å²) in [5.41, 5.74) is 6.95. The fourth-order valence-corrected chi connectivity index (χ4v) is 8.40. The first kappa shape index (κ1) is 23.6. The highest BCUT2D eigenvalue weighted by Gasteiger charge is 2.46. The molecule has 1 aliphatic rings. The molecule has 0 aliphatic heterocycles. The summed E-state index contributed by atoms with van der Waals surface area (Å²) >= 11 is 0. The van der Waals surface area contributed by atoms with Gasteiger partial charge in [0.15, 0.2) is 0 Å². The lowest BCUT2D eigenvalue weighted by Gasteiger charge is -2.34. The van der Waals surface area contributed by atoms with Crippen LogP contribution in [0.4, 0.5) is 17.1 Å². The maximum atomic E-state index is 9.97. The van der Waals surface area contributed by atoms with Crippen molar-refractivity contribution in [1.82, 2.24) is 0 Å². The average molecular weight is 683 g/mol. The predicted octanol–water partition coefficient (Wildman–Crippen LogP) is 13.7. The number of anilines is 3. The fraction of sp³-hybridized carbons (Fsp3) is 0.0196. The van der Waals surface area contributed by atoms with Crippen molar-refractivity contribution >= 4 is 60.5 Å². The second-order valence-electron chi connectivity index (χ2n) is 13.5. The van der Waals surface area contributed by atoms with Crippen molar-refractivity contribution in [3.8, 4) is 11.1 Å². The molecular weight excluding hydrogens is 643 g/mol. The Labute approximate surface area is 317 Å². The minimum absolute atomic E-state index is 0.0877. The van der Waals surface area contributed by atoms with Crippen LogP contribution in [0.25, 0.3) is 54.6 Å². The van der Waals surface area contributed by atoms with Gasteiger partial charge < -0.3 is 9.32 Å². The second-order valence-corrected chi connectivity index (χ2v) is 13.5.